The van der Waals surface area contributed by atoms with Crippen molar-refractivity contribution >= 4 is 11.8 Å². The molecule has 0 bridgehead atoms. The summed E-state index contributed by atoms with van der Waals surface area (Å²) in [6.45, 7) is 2.06. The van der Waals surface area contributed by atoms with Gasteiger partial charge in [0, 0.05) is 19.0 Å². The van der Waals surface area contributed by atoms with E-state index >= 15 is 0 Å². The van der Waals surface area contributed by atoms with E-state index in [0.717, 1.165) is 42.4 Å². The second-order valence-corrected chi connectivity index (χ2v) is 9.98. The number of para-hydroxylation sites is 1. The highest BCUT2D eigenvalue weighted by Crippen LogP contribution is 2.22. The highest BCUT2D eigenvalue weighted by molar-refractivity contribution is 5.88. The van der Waals surface area contributed by atoms with Gasteiger partial charge in [-0.2, -0.15) is 0 Å². The van der Waals surface area contributed by atoms with Crippen LogP contribution in [0.5, 0.6) is 11.5 Å². The molecule has 0 heterocycles. The van der Waals surface area contributed by atoms with Crippen molar-refractivity contribution in [2.45, 2.75) is 64.1 Å². The maximum atomic E-state index is 13.8. The summed E-state index contributed by atoms with van der Waals surface area (Å²) < 4.78 is 11.4. The molecule has 0 saturated heterocycles. The quantitative estimate of drug-likeness (QED) is 0.368. The van der Waals surface area contributed by atoms with Crippen LogP contribution in [0.2, 0.25) is 0 Å². The van der Waals surface area contributed by atoms with Crippen molar-refractivity contribution in [3.8, 4) is 11.5 Å². The first kappa shape index (κ1) is 27.2. The van der Waals surface area contributed by atoms with E-state index in [0.29, 0.717) is 17.9 Å². The number of nitrogens with one attached hydrogen (secondary N) is 1. The number of aryl methyl sites for hydroxylation is 1. The minimum absolute atomic E-state index is 0.118. The predicted molar refractivity (Wildman–Crippen MR) is 149 cm³/mol. The van der Waals surface area contributed by atoms with E-state index < -0.39 is 6.04 Å². The molecule has 1 saturated carbocycles. The van der Waals surface area contributed by atoms with Crippen LogP contribution >= 0.6 is 0 Å². The fourth-order valence-corrected chi connectivity index (χ4v) is 5.01. The van der Waals surface area contributed by atoms with Gasteiger partial charge in [-0.25, -0.2) is 0 Å². The lowest BCUT2D eigenvalue weighted by molar-refractivity contribution is -0.143. The Bertz CT molecular complexity index is 1190. The molecule has 0 radical (unpaired) electrons. The molecular formula is C32H38N2O4. The van der Waals surface area contributed by atoms with Gasteiger partial charge in [0.15, 0.2) is 6.61 Å². The summed E-state index contributed by atoms with van der Waals surface area (Å²) in [5.74, 6) is 1.01. The first-order valence-corrected chi connectivity index (χ1v) is 13.5. The van der Waals surface area contributed by atoms with Crippen molar-refractivity contribution in [2.75, 3.05) is 13.7 Å². The van der Waals surface area contributed by atoms with Crippen LogP contribution in [0.1, 0.15) is 48.8 Å². The number of nitrogens with zero attached hydrogens (tertiary/aromatic N) is 1. The van der Waals surface area contributed by atoms with Gasteiger partial charge < -0.3 is 19.7 Å². The highest BCUT2D eigenvalue weighted by Gasteiger charge is 2.32. The van der Waals surface area contributed by atoms with Crippen LogP contribution in [0.3, 0.4) is 0 Å². The van der Waals surface area contributed by atoms with Gasteiger partial charge in [-0.05, 0) is 54.7 Å². The molecule has 1 unspecified atom stereocenters. The second kappa shape index (κ2) is 13.7. The van der Waals surface area contributed by atoms with E-state index in [4.69, 9.17) is 9.47 Å². The minimum Gasteiger partial charge on any atom is -0.497 e. The molecule has 0 spiro atoms. The number of carbonyl (C=O) groups excluding carboxylic acids is 2. The molecule has 6 nitrogen and oxygen atoms in total. The van der Waals surface area contributed by atoms with Crippen LogP contribution in [-0.4, -0.2) is 42.5 Å². The Morgan fingerprint density at radius 3 is 2.37 bits per heavy atom. The molecular weight excluding hydrogens is 476 g/mol. The topological polar surface area (TPSA) is 67.9 Å². The Morgan fingerprint density at radius 2 is 1.63 bits per heavy atom. The van der Waals surface area contributed by atoms with Gasteiger partial charge in [-0.15, -0.1) is 0 Å². The molecule has 4 rings (SSSR count). The fraction of sp³-hybridized carbons (Fsp3) is 0.375. The van der Waals surface area contributed by atoms with Gasteiger partial charge in [0.2, 0.25) is 5.91 Å². The monoisotopic (exact) mass is 514 g/mol. The Labute approximate surface area is 226 Å². The largest absolute Gasteiger partial charge is 0.497 e. The normalized spacial score (nSPS) is 14.4. The van der Waals surface area contributed by atoms with Gasteiger partial charge in [0.1, 0.15) is 17.5 Å². The fourth-order valence-electron chi connectivity index (χ4n) is 5.01. The van der Waals surface area contributed by atoms with Crippen LogP contribution < -0.4 is 14.8 Å². The number of hydrogen-bond donors (Lipinski definition) is 1. The molecule has 1 atom stereocenters. The van der Waals surface area contributed by atoms with Crippen LogP contribution in [0.4, 0.5) is 0 Å². The van der Waals surface area contributed by atoms with Crippen molar-refractivity contribution in [1.82, 2.24) is 10.2 Å². The van der Waals surface area contributed by atoms with E-state index in [9.17, 15) is 9.59 Å². The van der Waals surface area contributed by atoms with E-state index in [2.05, 4.69) is 5.32 Å². The molecule has 6 heteroatoms. The van der Waals surface area contributed by atoms with Crippen molar-refractivity contribution in [1.29, 1.82) is 0 Å². The van der Waals surface area contributed by atoms with E-state index in [1.807, 2.05) is 85.8 Å². The molecule has 1 fully saturated rings. The number of methoxy groups -OCH3 is 1. The van der Waals surface area contributed by atoms with Crippen LogP contribution in [0.25, 0.3) is 0 Å². The van der Waals surface area contributed by atoms with Gasteiger partial charge in [0.05, 0.1) is 7.11 Å². The Balaban J connectivity index is 1.63. The van der Waals surface area contributed by atoms with Gasteiger partial charge >= 0.3 is 0 Å². The lowest BCUT2D eigenvalue weighted by atomic mass is 9.94. The van der Waals surface area contributed by atoms with Crippen LogP contribution in [0, 0.1) is 6.92 Å². The number of amides is 2. The Hall–Kier alpha value is -3.80. The maximum absolute atomic E-state index is 13.8. The van der Waals surface area contributed by atoms with Crippen molar-refractivity contribution in [3.05, 3.63) is 95.6 Å². The number of hydrogen-bond acceptors (Lipinski definition) is 4. The molecule has 1 aliphatic carbocycles. The second-order valence-electron chi connectivity index (χ2n) is 9.98. The third-order valence-corrected chi connectivity index (χ3v) is 7.15. The Morgan fingerprint density at radius 1 is 0.921 bits per heavy atom. The van der Waals surface area contributed by atoms with E-state index in [-0.39, 0.29) is 31.0 Å². The number of ether oxygens (including phenoxy) is 2. The van der Waals surface area contributed by atoms with Crippen molar-refractivity contribution < 1.29 is 19.1 Å². The molecule has 38 heavy (non-hydrogen) atoms. The summed E-state index contributed by atoms with van der Waals surface area (Å²) in [4.78, 5) is 29.3. The van der Waals surface area contributed by atoms with Crippen LogP contribution in [0.15, 0.2) is 78.9 Å². The summed E-state index contributed by atoms with van der Waals surface area (Å²) in [7, 11) is 1.62. The van der Waals surface area contributed by atoms with Crippen LogP contribution in [-0.2, 0) is 22.6 Å². The highest BCUT2D eigenvalue weighted by atomic mass is 16.5. The number of rotatable bonds is 11. The molecule has 0 aliphatic heterocycles. The first-order chi connectivity index (χ1) is 18.5. The van der Waals surface area contributed by atoms with Crippen molar-refractivity contribution in [3.63, 3.8) is 0 Å². The van der Waals surface area contributed by atoms with Gasteiger partial charge in [-0.3, -0.25) is 9.59 Å². The SMILES string of the molecule is COc1cccc(CN(C(=O)COc2ccccc2C)C(Cc2ccccc2)C(=O)NC2CCCCC2)c1. The molecule has 2 amide bonds. The lowest BCUT2D eigenvalue weighted by Gasteiger charge is -2.33. The molecule has 1 aliphatic rings. The molecule has 3 aromatic rings. The average Bonchev–Trinajstić information content (AvgIpc) is 2.95. The third kappa shape index (κ3) is 7.60. The number of benzene rings is 3. The average molecular weight is 515 g/mol. The van der Waals surface area contributed by atoms with Gasteiger partial charge in [0.25, 0.3) is 5.91 Å². The summed E-state index contributed by atoms with van der Waals surface area (Å²) in [6, 6.07) is 24.6. The van der Waals surface area contributed by atoms with Gasteiger partial charge in [-0.1, -0.05) is 79.9 Å². The molecule has 200 valence electrons. The zero-order valence-corrected chi connectivity index (χ0v) is 22.4. The van der Waals surface area contributed by atoms with Crippen molar-refractivity contribution in [2.24, 2.45) is 0 Å². The predicted octanol–water partition coefficient (Wildman–Crippen LogP) is 5.47. The summed E-state index contributed by atoms with van der Waals surface area (Å²) in [6.07, 6.45) is 5.81. The minimum atomic E-state index is -0.682. The zero-order chi connectivity index (χ0) is 26.7. The van der Waals surface area contributed by atoms with E-state index in [1.165, 1.54) is 6.42 Å². The summed E-state index contributed by atoms with van der Waals surface area (Å²) in [5, 5.41) is 3.27. The third-order valence-electron chi connectivity index (χ3n) is 7.15. The standard InChI is InChI=1S/C32H38N2O4/c1-24-12-9-10-19-30(24)38-23-31(35)34(22-26-15-11-18-28(20-26)37-2)29(21-25-13-5-3-6-14-25)32(36)33-27-16-7-4-8-17-27/h3,5-6,9-15,18-20,27,29H,4,7-8,16-17,21-23H2,1-2H3,(H,33,36). The number of carbonyl (C=O) groups is 2. The summed E-state index contributed by atoms with van der Waals surface area (Å²) in [5.41, 5.74) is 2.84. The smallest absolute Gasteiger partial charge is 0.261 e. The molecule has 0 aromatic heterocycles. The zero-order valence-electron chi connectivity index (χ0n) is 22.4. The molecule has 3 aromatic carbocycles. The maximum Gasteiger partial charge on any atom is 0.261 e. The lowest BCUT2D eigenvalue weighted by Crippen LogP contribution is -2.53. The first-order valence-electron chi connectivity index (χ1n) is 13.5. The summed E-state index contributed by atoms with van der Waals surface area (Å²) >= 11 is 0. The molecule has 1 N–H and O–H groups in total. The Kier molecular flexibility index (Phi) is 9.79. The van der Waals surface area contributed by atoms with E-state index in [1.54, 1.807) is 12.0 Å².